The fraction of sp³-hybridized carbons (Fsp3) is 0.529. The van der Waals surface area contributed by atoms with Crippen LogP contribution in [-0.4, -0.2) is 30.5 Å². The van der Waals surface area contributed by atoms with Crippen molar-refractivity contribution in [2.45, 2.75) is 33.1 Å². The predicted octanol–water partition coefficient (Wildman–Crippen LogP) is 2.98. The number of carbonyl (C=O) groups excluding carboxylic acids is 1. The Balaban J connectivity index is 1.85. The number of ether oxygens (including phenoxy) is 1. The van der Waals surface area contributed by atoms with Crippen LogP contribution in [0.25, 0.3) is 0 Å². The highest BCUT2D eigenvalue weighted by Crippen LogP contribution is 2.30. The smallest absolute Gasteiger partial charge is 0.222 e. The lowest BCUT2D eigenvalue weighted by Crippen LogP contribution is -2.34. The molecule has 0 saturated carbocycles. The number of nitrogens with zero attached hydrogens (tertiary/aromatic N) is 2. The minimum atomic E-state index is 0.218. The van der Waals surface area contributed by atoms with E-state index in [1.807, 2.05) is 11.0 Å². The summed E-state index contributed by atoms with van der Waals surface area (Å²) in [6, 6.07) is 9.17. The molecule has 1 heterocycles. The average Bonchev–Trinajstić information content (AvgIpc) is 2.60. The van der Waals surface area contributed by atoms with Crippen LogP contribution in [0.5, 0.6) is 5.75 Å². The van der Waals surface area contributed by atoms with Crippen LogP contribution >= 0.6 is 0 Å². The Morgan fingerprint density at radius 1 is 1.38 bits per heavy atom. The van der Waals surface area contributed by atoms with Crippen molar-refractivity contribution >= 4 is 5.91 Å². The zero-order valence-electron chi connectivity index (χ0n) is 12.8. The summed E-state index contributed by atoms with van der Waals surface area (Å²) < 4.78 is 5.65. The van der Waals surface area contributed by atoms with Gasteiger partial charge in [-0.2, -0.15) is 5.26 Å². The van der Waals surface area contributed by atoms with Gasteiger partial charge in [-0.15, -0.1) is 0 Å². The van der Waals surface area contributed by atoms with E-state index in [-0.39, 0.29) is 11.3 Å². The van der Waals surface area contributed by atoms with E-state index in [1.165, 1.54) is 0 Å². The first-order chi connectivity index (χ1) is 10.00. The molecule has 1 aromatic carbocycles. The molecule has 0 N–H and O–H groups in total. The lowest BCUT2D eigenvalue weighted by Gasteiger charge is -2.23. The molecule has 0 bridgehead atoms. The average molecular weight is 286 g/mol. The van der Waals surface area contributed by atoms with Crippen LogP contribution in [0.3, 0.4) is 0 Å². The number of hydrogen-bond donors (Lipinski definition) is 0. The van der Waals surface area contributed by atoms with Gasteiger partial charge in [0.1, 0.15) is 12.4 Å². The van der Waals surface area contributed by atoms with Crippen molar-refractivity contribution in [2.75, 3.05) is 19.7 Å². The molecule has 1 saturated heterocycles. The van der Waals surface area contributed by atoms with Gasteiger partial charge in [-0.3, -0.25) is 4.79 Å². The maximum absolute atomic E-state index is 12.1. The van der Waals surface area contributed by atoms with Gasteiger partial charge < -0.3 is 9.64 Å². The molecule has 1 aliphatic heterocycles. The van der Waals surface area contributed by atoms with Gasteiger partial charge in [-0.1, -0.05) is 19.9 Å². The molecule has 1 fully saturated rings. The number of rotatable bonds is 4. The Morgan fingerprint density at radius 2 is 2.19 bits per heavy atom. The molecule has 0 spiro atoms. The summed E-state index contributed by atoms with van der Waals surface area (Å²) in [5.41, 5.74) is 0.826. The second-order valence-electron chi connectivity index (χ2n) is 6.28. The molecule has 0 unspecified atom stereocenters. The standard InChI is InChI=1S/C17H22N2O2/c1-17(2)7-6-16(20)19(9-8-17)10-11-21-15-5-3-4-14(12-15)13-18/h3-5,12H,6-11H2,1-2H3. The molecule has 4 heteroatoms. The zero-order chi connectivity index (χ0) is 15.3. The lowest BCUT2D eigenvalue weighted by atomic mass is 9.85. The van der Waals surface area contributed by atoms with Crippen molar-refractivity contribution in [3.8, 4) is 11.8 Å². The van der Waals surface area contributed by atoms with E-state index in [2.05, 4.69) is 19.9 Å². The van der Waals surface area contributed by atoms with Gasteiger partial charge >= 0.3 is 0 Å². The Labute approximate surface area is 126 Å². The van der Waals surface area contributed by atoms with E-state index in [4.69, 9.17) is 10.00 Å². The Kier molecular flexibility index (Phi) is 4.85. The normalized spacial score (nSPS) is 18.0. The quantitative estimate of drug-likeness (QED) is 0.855. The summed E-state index contributed by atoms with van der Waals surface area (Å²) in [5.74, 6) is 0.895. The number of amides is 1. The van der Waals surface area contributed by atoms with E-state index < -0.39 is 0 Å². The third-order valence-electron chi connectivity index (χ3n) is 4.02. The Bertz CT molecular complexity index is 546. The van der Waals surface area contributed by atoms with Crippen LogP contribution in [-0.2, 0) is 4.79 Å². The topological polar surface area (TPSA) is 53.3 Å². The molecule has 1 aliphatic rings. The van der Waals surface area contributed by atoms with Crippen LogP contribution in [0.15, 0.2) is 24.3 Å². The summed E-state index contributed by atoms with van der Waals surface area (Å²) in [6.45, 7) is 6.29. The third kappa shape index (κ3) is 4.49. The molecule has 0 aromatic heterocycles. The van der Waals surface area contributed by atoms with Gasteiger partial charge in [0.05, 0.1) is 18.2 Å². The summed E-state index contributed by atoms with van der Waals surface area (Å²) in [5, 5.41) is 8.85. The largest absolute Gasteiger partial charge is 0.492 e. The van der Waals surface area contributed by atoms with Gasteiger partial charge in [0, 0.05) is 13.0 Å². The van der Waals surface area contributed by atoms with Gasteiger partial charge in [0.25, 0.3) is 0 Å². The first-order valence-corrected chi connectivity index (χ1v) is 7.41. The number of nitriles is 1. The van der Waals surface area contributed by atoms with Crippen molar-refractivity contribution in [1.29, 1.82) is 5.26 Å². The maximum atomic E-state index is 12.1. The fourth-order valence-electron chi connectivity index (χ4n) is 2.46. The van der Waals surface area contributed by atoms with Crippen molar-refractivity contribution in [3.05, 3.63) is 29.8 Å². The highest BCUT2D eigenvalue weighted by molar-refractivity contribution is 5.76. The second-order valence-corrected chi connectivity index (χ2v) is 6.28. The number of hydrogen-bond acceptors (Lipinski definition) is 3. The predicted molar refractivity (Wildman–Crippen MR) is 80.9 cm³/mol. The molecule has 0 radical (unpaired) electrons. The Morgan fingerprint density at radius 3 is 2.95 bits per heavy atom. The first kappa shape index (κ1) is 15.4. The van der Waals surface area contributed by atoms with E-state index in [0.29, 0.717) is 30.9 Å². The van der Waals surface area contributed by atoms with Crippen molar-refractivity contribution in [3.63, 3.8) is 0 Å². The summed E-state index contributed by atoms with van der Waals surface area (Å²) in [4.78, 5) is 14.0. The molecular weight excluding hydrogens is 264 g/mol. The molecule has 1 amide bonds. The second kappa shape index (κ2) is 6.62. The monoisotopic (exact) mass is 286 g/mol. The minimum absolute atomic E-state index is 0.218. The first-order valence-electron chi connectivity index (χ1n) is 7.41. The van der Waals surface area contributed by atoms with Gasteiger partial charge in [-0.05, 0) is 36.5 Å². The maximum Gasteiger partial charge on any atom is 0.222 e. The van der Waals surface area contributed by atoms with Crippen molar-refractivity contribution in [2.24, 2.45) is 5.41 Å². The van der Waals surface area contributed by atoms with E-state index >= 15 is 0 Å². The third-order valence-corrected chi connectivity index (χ3v) is 4.02. The van der Waals surface area contributed by atoms with E-state index in [0.717, 1.165) is 19.4 Å². The van der Waals surface area contributed by atoms with Crippen molar-refractivity contribution < 1.29 is 9.53 Å². The number of carbonyl (C=O) groups is 1. The van der Waals surface area contributed by atoms with Crippen LogP contribution in [0.2, 0.25) is 0 Å². The SMILES string of the molecule is CC1(C)CCC(=O)N(CCOc2cccc(C#N)c2)CC1. The highest BCUT2D eigenvalue weighted by Gasteiger charge is 2.27. The highest BCUT2D eigenvalue weighted by atomic mass is 16.5. The molecule has 21 heavy (non-hydrogen) atoms. The Hall–Kier alpha value is -2.02. The molecular formula is C17H22N2O2. The lowest BCUT2D eigenvalue weighted by molar-refractivity contribution is -0.131. The van der Waals surface area contributed by atoms with E-state index in [1.54, 1.807) is 18.2 Å². The molecule has 112 valence electrons. The summed E-state index contributed by atoms with van der Waals surface area (Å²) >= 11 is 0. The van der Waals surface area contributed by atoms with Crippen LogP contribution in [0, 0.1) is 16.7 Å². The van der Waals surface area contributed by atoms with Crippen molar-refractivity contribution in [1.82, 2.24) is 4.90 Å². The number of likely N-dealkylation sites (tertiary alicyclic amines) is 1. The fourth-order valence-corrected chi connectivity index (χ4v) is 2.46. The van der Waals surface area contributed by atoms with Gasteiger partial charge in [0.15, 0.2) is 0 Å². The number of benzene rings is 1. The zero-order valence-corrected chi connectivity index (χ0v) is 12.8. The van der Waals surface area contributed by atoms with Gasteiger partial charge in [0.2, 0.25) is 5.91 Å². The summed E-state index contributed by atoms with van der Waals surface area (Å²) in [7, 11) is 0. The van der Waals surface area contributed by atoms with Crippen LogP contribution < -0.4 is 4.74 Å². The molecule has 2 rings (SSSR count). The summed E-state index contributed by atoms with van der Waals surface area (Å²) in [6.07, 6.45) is 2.60. The molecule has 0 aliphatic carbocycles. The van der Waals surface area contributed by atoms with Gasteiger partial charge in [-0.25, -0.2) is 0 Å². The minimum Gasteiger partial charge on any atom is -0.492 e. The van der Waals surface area contributed by atoms with E-state index in [9.17, 15) is 4.79 Å². The van der Waals surface area contributed by atoms with Crippen LogP contribution in [0.4, 0.5) is 0 Å². The molecule has 4 nitrogen and oxygen atoms in total. The molecule has 0 atom stereocenters. The molecule has 1 aromatic rings. The van der Waals surface area contributed by atoms with Crippen LogP contribution in [0.1, 0.15) is 38.7 Å².